The molecule has 1 aromatic rings. The van der Waals surface area contributed by atoms with E-state index >= 15 is 0 Å². The fraction of sp³-hybridized carbons (Fsp3) is 0.563. The Morgan fingerprint density at radius 3 is 2.02 bits per heavy atom. The van der Waals surface area contributed by atoms with Gasteiger partial charge >= 0.3 is 0 Å². The van der Waals surface area contributed by atoms with Crippen LogP contribution < -0.4 is 5.46 Å². The predicted octanol–water partition coefficient (Wildman–Crippen LogP) is 22.2. The highest BCUT2D eigenvalue weighted by Gasteiger charge is 2.68. The maximum Gasteiger partial charge on any atom is 0.208 e. The van der Waals surface area contributed by atoms with Crippen LogP contribution in [0.3, 0.4) is 0 Å². The smallest absolute Gasteiger partial charge is 0.0920 e. The third-order valence-electron chi connectivity index (χ3n) is 28.7. The molecule has 5 fully saturated rings. The van der Waals surface area contributed by atoms with Gasteiger partial charge in [-0.2, -0.15) is 0 Å². The van der Waals surface area contributed by atoms with Gasteiger partial charge in [0.2, 0.25) is 6.71 Å². The van der Waals surface area contributed by atoms with Gasteiger partial charge < -0.3 is 0 Å². The molecular formula is C87H106B2. The second-order valence-corrected chi connectivity index (χ2v) is 32.6. The van der Waals surface area contributed by atoms with Crippen LogP contribution in [0.2, 0.25) is 23.3 Å². The Labute approximate surface area is 540 Å². The van der Waals surface area contributed by atoms with Crippen LogP contribution in [0, 0.1) is 101 Å². The van der Waals surface area contributed by atoms with Crippen LogP contribution in [0.1, 0.15) is 179 Å². The Morgan fingerprint density at radius 1 is 0.517 bits per heavy atom. The number of rotatable bonds is 12. The molecule has 4 heterocycles. The molecule has 89 heavy (non-hydrogen) atoms. The van der Waals surface area contributed by atoms with Crippen molar-refractivity contribution in [1.29, 1.82) is 0 Å². The minimum Gasteiger partial charge on any atom is -0.0920 e. The van der Waals surface area contributed by atoms with Crippen molar-refractivity contribution in [3.05, 3.63) is 221 Å². The lowest BCUT2D eigenvalue weighted by Crippen LogP contribution is -2.63. The Kier molecular flexibility index (Phi) is 16.7. The van der Waals surface area contributed by atoms with Gasteiger partial charge in [-0.15, -0.1) is 0 Å². The molecule has 0 N–H and O–H groups in total. The first kappa shape index (κ1) is 58.0. The molecule has 3 saturated heterocycles. The minimum atomic E-state index is 0.560. The average molecular weight is 1170 g/mol. The number of benzene rings is 1. The van der Waals surface area contributed by atoms with Crippen molar-refractivity contribution in [2.24, 2.45) is 101 Å². The fourth-order valence-corrected chi connectivity index (χ4v) is 25.9. The van der Waals surface area contributed by atoms with E-state index in [0.29, 0.717) is 77.6 Å². The normalized spacial score (nSPS) is 40.4. The van der Waals surface area contributed by atoms with Crippen molar-refractivity contribution >= 4 is 18.9 Å². The highest BCUT2D eigenvalue weighted by Crippen LogP contribution is 2.75. The van der Waals surface area contributed by atoms with E-state index in [0.717, 1.165) is 59.7 Å². The van der Waals surface area contributed by atoms with Crippen molar-refractivity contribution in [2.75, 3.05) is 0 Å². The van der Waals surface area contributed by atoms with Gasteiger partial charge in [0.25, 0.3) is 0 Å². The van der Waals surface area contributed by atoms with E-state index in [1.165, 1.54) is 180 Å². The molecule has 21 unspecified atom stereocenters. The highest BCUT2D eigenvalue weighted by atomic mass is 14.6. The second kappa shape index (κ2) is 25.6. The van der Waals surface area contributed by atoms with Gasteiger partial charge in [0, 0.05) is 0 Å². The van der Waals surface area contributed by atoms with Crippen molar-refractivity contribution in [3.63, 3.8) is 0 Å². The quantitative estimate of drug-likeness (QED) is 0.145. The molecule has 460 valence electrons. The highest BCUT2D eigenvalue weighted by molar-refractivity contribution is 6.82. The largest absolute Gasteiger partial charge is 0.208 e. The van der Waals surface area contributed by atoms with Crippen LogP contribution in [-0.4, -0.2) is 13.4 Å². The zero-order valence-corrected chi connectivity index (χ0v) is 54.3. The number of allylic oxidation sites excluding steroid dienone is 32. The minimum absolute atomic E-state index is 0.560. The monoisotopic (exact) mass is 1170 g/mol. The van der Waals surface area contributed by atoms with Gasteiger partial charge in [-0.1, -0.05) is 262 Å². The summed E-state index contributed by atoms with van der Waals surface area (Å²) >= 11 is 0. The third kappa shape index (κ3) is 10.8. The van der Waals surface area contributed by atoms with Gasteiger partial charge in [0.05, 0.1) is 0 Å². The van der Waals surface area contributed by atoms with Crippen LogP contribution in [-0.2, 0) is 6.42 Å². The van der Waals surface area contributed by atoms with E-state index in [9.17, 15) is 0 Å². The van der Waals surface area contributed by atoms with Gasteiger partial charge in [0.15, 0.2) is 6.71 Å². The Bertz CT molecular complexity index is 3340. The maximum atomic E-state index is 2.92. The van der Waals surface area contributed by atoms with Crippen molar-refractivity contribution < 1.29 is 0 Å². The topological polar surface area (TPSA) is 0 Å². The number of hydrogen-bond acceptors (Lipinski definition) is 0. The van der Waals surface area contributed by atoms with E-state index in [2.05, 4.69) is 182 Å². The number of hydrogen-bond donors (Lipinski definition) is 0. The Morgan fingerprint density at radius 2 is 1.28 bits per heavy atom. The lowest BCUT2D eigenvalue weighted by Gasteiger charge is -2.68. The molecule has 0 bridgehead atoms. The first-order valence-electron chi connectivity index (χ1n) is 38.1. The van der Waals surface area contributed by atoms with E-state index in [4.69, 9.17) is 0 Å². The molecule has 16 aliphatic rings. The van der Waals surface area contributed by atoms with Gasteiger partial charge in [-0.25, -0.2) is 0 Å². The Hall–Kier alpha value is -4.81. The molecule has 21 atom stereocenters. The molecule has 12 aliphatic carbocycles. The summed E-state index contributed by atoms with van der Waals surface area (Å²) < 4.78 is 0. The van der Waals surface area contributed by atoms with Gasteiger partial charge in [0.1, 0.15) is 0 Å². The first-order valence-corrected chi connectivity index (χ1v) is 38.1. The van der Waals surface area contributed by atoms with Crippen LogP contribution >= 0.6 is 0 Å². The van der Waals surface area contributed by atoms with Gasteiger partial charge in [-0.3, -0.25) is 0 Å². The maximum absolute atomic E-state index is 2.92. The molecule has 0 spiro atoms. The lowest BCUT2D eigenvalue weighted by molar-refractivity contribution is 0.00468. The summed E-state index contributed by atoms with van der Waals surface area (Å²) in [5, 5.41) is 0. The third-order valence-corrected chi connectivity index (χ3v) is 28.7. The summed E-state index contributed by atoms with van der Waals surface area (Å²) in [4.78, 5) is 0. The zero-order chi connectivity index (χ0) is 58.8. The van der Waals surface area contributed by atoms with Crippen molar-refractivity contribution in [1.82, 2.24) is 0 Å². The van der Waals surface area contributed by atoms with E-state index in [1.54, 1.807) is 22.2 Å². The van der Waals surface area contributed by atoms with Crippen LogP contribution in [0.4, 0.5) is 0 Å². The molecule has 0 amide bonds. The first-order chi connectivity index (χ1) is 44.2. The summed E-state index contributed by atoms with van der Waals surface area (Å²) in [6.07, 6.45) is 102. The lowest BCUT2D eigenvalue weighted by atomic mass is 9.11. The van der Waals surface area contributed by atoms with Crippen molar-refractivity contribution in [2.45, 2.75) is 203 Å². The second-order valence-electron chi connectivity index (χ2n) is 32.6. The average Bonchev–Trinajstić information content (AvgIpc) is 1.41. The van der Waals surface area contributed by atoms with E-state index in [1.807, 2.05) is 22.3 Å². The summed E-state index contributed by atoms with van der Waals surface area (Å²) in [7, 11) is 0. The number of fused-ring (bicyclic) bond motifs is 8. The molecule has 0 nitrogen and oxygen atoms in total. The van der Waals surface area contributed by atoms with Crippen LogP contribution in [0.25, 0.3) is 0 Å². The molecular weight excluding hydrogens is 1070 g/mol. The van der Waals surface area contributed by atoms with Crippen molar-refractivity contribution in [3.8, 4) is 0 Å². The molecule has 2 saturated carbocycles. The predicted molar refractivity (Wildman–Crippen MR) is 379 cm³/mol. The van der Waals surface area contributed by atoms with Crippen LogP contribution in [0.5, 0.6) is 0 Å². The van der Waals surface area contributed by atoms with Crippen LogP contribution in [0.15, 0.2) is 215 Å². The molecule has 17 rings (SSSR count). The zero-order valence-electron chi connectivity index (χ0n) is 54.3. The fourth-order valence-electron chi connectivity index (χ4n) is 25.9. The Balaban J connectivity index is 0.844. The summed E-state index contributed by atoms with van der Waals surface area (Å²) in [5.74, 6) is 15.0. The van der Waals surface area contributed by atoms with E-state index in [-0.39, 0.29) is 0 Å². The molecule has 0 aromatic heterocycles. The SMILES string of the molecule is C1=CCCC(C(CC2CC3=C4B(c5ccccc5CC3C3C=CCCC3)C3CC5B6C7CCC=CC7C(CC7=CCCC=C7)C7CC(C(C8=CC=CCC8)C8C=CCCC8)CC(C67)C(C6=CC=CCC6)C5CC3C(C3=CC=CCC3)C4C2)C2C=CC=CC2)=C1. The van der Waals surface area contributed by atoms with E-state index < -0.39 is 0 Å². The summed E-state index contributed by atoms with van der Waals surface area (Å²) in [6.45, 7) is 1.40. The molecule has 2 heteroatoms. The molecule has 1 aromatic carbocycles. The standard InChI is InChI=1S/C87H106B2/c1-9-29-58(30-10-1)49-72-69-46-26-28-48-80(69)89-82-57-81-75(56-76(82)85(66-43-23-8-24-44-66)78-55-68(54-74(72)87(78)89)83(63-37-17-5-18-38-63)64-39-19-6-20-40-64)84(65-41-21-7-22-42-65)77-52-59(50-70(60-31-11-2-12-32-60)61-33-13-3-14-34-61)51-73-71(62-35-15-4-16-36-62)53-67-45-25-27-47-79(67)88(81)86(73)77/h2-3,5,7-9,11-13,15,17,19,21,23,25-27,29-31,33,35,37,39,41,43,45-47,59-60,62,64,68-72,74-78,80-85,87H,1,4,6,10,14,16,18,20,22,24,28,32,34,36,38,40,42,44,48-57H2. The molecule has 4 aliphatic heterocycles. The summed E-state index contributed by atoms with van der Waals surface area (Å²) in [5.41, 5.74) is 16.7. The molecule has 0 radical (unpaired) electrons. The summed E-state index contributed by atoms with van der Waals surface area (Å²) in [6, 6.07) is 10.4. The van der Waals surface area contributed by atoms with Gasteiger partial charge in [-0.05, 0) is 268 Å².